The molecule has 0 amide bonds. The van der Waals surface area contributed by atoms with Crippen molar-refractivity contribution in [3.8, 4) is 44.9 Å². The zero-order chi connectivity index (χ0) is 31.6. The number of hydrogen-bond donors (Lipinski definition) is 0. The average Bonchev–Trinajstić information content (AvgIpc) is 3.17. The molecule has 0 unspecified atom stereocenters. The van der Waals surface area contributed by atoms with Crippen molar-refractivity contribution in [3.63, 3.8) is 0 Å². The van der Waals surface area contributed by atoms with Crippen LogP contribution in [0.2, 0.25) is 0 Å². The molecule has 0 radical (unpaired) electrons. The van der Waals surface area contributed by atoms with E-state index in [0.717, 1.165) is 55.3 Å². The number of hydrogen-bond acceptors (Lipinski definition) is 4. The Morgan fingerprint density at radius 1 is 0.354 bits per heavy atom. The monoisotopic (exact) mass is 610 g/mol. The van der Waals surface area contributed by atoms with E-state index in [0.29, 0.717) is 5.82 Å². The summed E-state index contributed by atoms with van der Waals surface area (Å²) in [5.41, 5.74) is 9.36. The van der Waals surface area contributed by atoms with Gasteiger partial charge in [0, 0.05) is 40.5 Å². The van der Waals surface area contributed by atoms with Crippen LogP contribution < -0.4 is 0 Å². The van der Waals surface area contributed by atoms with Crippen molar-refractivity contribution >= 4 is 54.1 Å². The minimum Gasteiger partial charge on any atom is -0.254 e. The van der Waals surface area contributed by atoms with Crippen molar-refractivity contribution in [1.82, 2.24) is 19.9 Å². The van der Waals surface area contributed by atoms with Gasteiger partial charge in [0.25, 0.3) is 0 Å². The molecule has 0 atom stereocenters. The highest BCUT2D eigenvalue weighted by Gasteiger charge is 2.15. The molecule has 4 nitrogen and oxygen atoms in total. The van der Waals surface area contributed by atoms with Crippen molar-refractivity contribution in [2.75, 3.05) is 0 Å². The summed E-state index contributed by atoms with van der Waals surface area (Å²) >= 11 is 0. The summed E-state index contributed by atoms with van der Waals surface area (Å²) in [7, 11) is 0. The fourth-order valence-corrected chi connectivity index (χ4v) is 7.23. The van der Waals surface area contributed by atoms with Crippen molar-refractivity contribution in [1.29, 1.82) is 0 Å². The average molecular weight is 611 g/mol. The SMILES string of the molecule is c1cnc(-c2ccc(-c3cc(-c4ccc5ccc6cccnc6c5n4)cc(-c4ccc5ccc6cccc7ccc4c5c67)c3)cc2)nc1. The van der Waals surface area contributed by atoms with E-state index in [1.807, 2.05) is 18.3 Å². The van der Waals surface area contributed by atoms with E-state index in [1.54, 1.807) is 12.4 Å². The predicted molar refractivity (Wildman–Crippen MR) is 198 cm³/mol. The first-order valence-electron chi connectivity index (χ1n) is 16.1. The van der Waals surface area contributed by atoms with Crippen molar-refractivity contribution in [2.24, 2.45) is 0 Å². The Morgan fingerprint density at radius 3 is 1.79 bits per heavy atom. The Kier molecular flexibility index (Phi) is 5.84. The Balaban J connectivity index is 1.21. The lowest BCUT2D eigenvalue weighted by molar-refractivity contribution is 1.18. The first kappa shape index (κ1) is 26.7. The third-order valence-electron chi connectivity index (χ3n) is 9.54. The molecule has 10 aromatic rings. The van der Waals surface area contributed by atoms with Crippen molar-refractivity contribution in [2.45, 2.75) is 0 Å². The second-order valence-corrected chi connectivity index (χ2v) is 12.3. The van der Waals surface area contributed by atoms with Gasteiger partial charge in [-0.3, -0.25) is 4.98 Å². The first-order valence-corrected chi connectivity index (χ1v) is 16.1. The van der Waals surface area contributed by atoms with Crippen LogP contribution in [0.1, 0.15) is 0 Å². The predicted octanol–water partition coefficient (Wildman–Crippen LogP) is 11.1. The molecule has 0 N–H and O–H groups in total. The summed E-state index contributed by atoms with van der Waals surface area (Å²) in [6, 6.07) is 49.9. The van der Waals surface area contributed by atoms with Crippen LogP contribution in [-0.2, 0) is 0 Å². The van der Waals surface area contributed by atoms with E-state index in [4.69, 9.17) is 9.97 Å². The van der Waals surface area contributed by atoms with Gasteiger partial charge in [0.15, 0.2) is 5.82 Å². The smallest absolute Gasteiger partial charge is 0.159 e. The lowest BCUT2D eigenvalue weighted by Gasteiger charge is -2.16. The van der Waals surface area contributed by atoms with E-state index in [-0.39, 0.29) is 0 Å². The van der Waals surface area contributed by atoms with Gasteiger partial charge in [0.2, 0.25) is 0 Å². The number of rotatable bonds is 4. The molecule has 0 spiro atoms. The Morgan fingerprint density at radius 2 is 0.958 bits per heavy atom. The molecule has 3 aromatic heterocycles. The first-order chi connectivity index (χ1) is 23.8. The summed E-state index contributed by atoms with van der Waals surface area (Å²) in [6.45, 7) is 0. The summed E-state index contributed by atoms with van der Waals surface area (Å²) < 4.78 is 0. The van der Waals surface area contributed by atoms with Gasteiger partial charge in [-0.2, -0.15) is 0 Å². The van der Waals surface area contributed by atoms with Crippen LogP contribution in [0.25, 0.3) is 99.0 Å². The molecule has 222 valence electrons. The third-order valence-corrected chi connectivity index (χ3v) is 9.54. The van der Waals surface area contributed by atoms with Crippen molar-refractivity contribution in [3.05, 3.63) is 158 Å². The van der Waals surface area contributed by atoms with Gasteiger partial charge < -0.3 is 0 Å². The minimum absolute atomic E-state index is 0.716. The fraction of sp³-hybridized carbons (Fsp3) is 0. The molecule has 7 aromatic carbocycles. The highest BCUT2D eigenvalue weighted by molar-refractivity contribution is 6.25. The topological polar surface area (TPSA) is 51.6 Å². The van der Waals surface area contributed by atoms with Crippen LogP contribution in [0.15, 0.2) is 158 Å². The normalized spacial score (nSPS) is 11.8. The molecule has 48 heavy (non-hydrogen) atoms. The summed E-state index contributed by atoms with van der Waals surface area (Å²) in [5, 5.41) is 9.82. The summed E-state index contributed by atoms with van der Waals surface area (Å²) in [5.74, 6) is 0.716. The summed E-state index contributed by atoms with van der Waals surface area (Å²) in [6.07, 6.45) is 5.39. The molecule has 0 bridgehead atoms. The van der Waals surface area contributed by atoms with Crippen molar-refractivity contribution < 1.29 is 0 Å². The van der Waals surface area contributed by atoms with E-state index >= 15 is 0 Å². The van der Waals surface area contributed by atoms with E-state index in [1.165, 1.54) is 37.9 Å². The number of benzene rings is 7. The Hall–Kier alpha value is -6.52. The van der Waals surface area contributed by atoms with Crippen LogP contribution in [0.5, 0.6) is 0 Å². The van der Waals surface area contributed by atoms with E-state index in [9.17, 15) is 0 Å². The Bertz CT molecular complexity index is 2810. The van der Waals surface area contributed by atoms with Gasteiger partial charge in [0.05, 0.1) is 16.7 Å². The molecule has 0 aliphatic heterocycles. The van der Waals surface area contributed by atoms with Gasteiger partial charge >= 0.3 is 0 Å². The molecule has 0 aliphatic rings. The highest BCUT2D eigenvalue weighted by atomic mass is 14.8. The number of pyridine rings is 2. The molecule has 0 saturated heterocycles. The van der Waals surface area contributed by atoms with Crippen LogP contribution in [0.3, 0.4) is 0 Å². The standard InChI is InChI=1S/C44H26N4/c1-4-28-9-10-30-15-18-37(38-19-16-29(5-1)40(28)41(30)38)35-24-34(27-7-13-33(14-8-27)44-46-22-3-23-47-44)25-36(26-35)39-20-17-32-12-11-31-6-2-21-45-42(31)43(32)48-39/h1-26H. The highest BCUT2D eigenvalue weighted by Crippen LogP contribution is 2.41. The zero-order valence-corrected chi connectivity index (χ0v) is 25.8. The third kappa shape index (κ3) is 4.24. The molecule has 3 heterocycles. The van der Waals surface area contributed by atoms with Crippen LogP contribution >= 0.6 is 0 Å². The number of nitrogens with zero attached hydrogens (tertiary/aromatic N) is 4. The maximum Gasteiger partial charge on any atom is 0.159 e. The maximum absolute atomic E-state index is 5.25. The molecular weight excluding hydrogens is 585 g/mol. The molecular formula is C44H26N4. The lowest BCUT2D eigenvalue weighted by atomic mass is 9.88. The zero-order valence-electron chi connectivity index (χ0n) is 25.8. The van der Waals surface area contributed by atoms with Crippen LogP contribution in [0, 0.1) is 0 Å². The molecule has 0 fully saturated rings. The Labute approximate surface area is 276 Å². The van der Waals surface area contributed by atoms with Crippen LogP contribution in [-0.4, -0.2) is 19.9 Å². The second kappa shape index (κ2) is 10.5. The molecule has 4 heteroatoms. The van der Waals surface area contributed by atoms with Gasteiger partial charge in [-0.25, -0.2) is 15.0 Å². The van der Waals surface area contributed by atoms with E-state index in [2.05, 4.69) is 137 Å². The van der Waals surface area contributed by atoms with Gasteiger partial charge in [0.1, 0.15) is 0 Å². The molecule has 0 aliphatic carbocycles. The van der Waals surface area contributed by atoms with Gasteiger partial charge in [-0.15, -0.1) is 0 Å². The summed E-state index contributed by atoms with van der Waals surface area (Å²) in [4.78, 5) is 18.8. The van der Waals surface area contributed by atoms with E-state index < -0.39 is 0 Å². The lowest BCUT2D eigenvalue weighted by Crippen LogP contribution is -1.92. The second-order valence-electron chi connectivity index (χ2n) is 12.3. The number of aromatic nitrogens is 4. The molecule has 0 saturated carbocycles. The van der Waals surface area contributed by atoms with Gasteiger partial charge in [-0.1, -0.05) is 103 Å². The maximum atomic E-state index is 5.25. The molecule has 10 rings (SSSR count). The van der Waals surface area contributed by atoms with Gasteiger partial charge in [-0.05, 0) is 91.0 Å². The minimum atomic E-state index is 0.716. The number of fused-ring (bicyclic) bond motifs is 3. The fourth-order valence-electron chi connectivity index (χ4n) is 7.23. The van der Waals surface area contributed by atoms with Crippen LogP contribution in [0.4, 0.5) is 0 Å². The largest absolute Gasteiger partial charge is 0.254 e. The quantitative estimate of drug-likeness (QED) is 0.186.